The van der Waals surface area contributed by atoms with Crippen molar-refractivity contribution in [3.8, 4) is 5.75 Å². The second-order valence-electron chi connectivity index (χ2n) is 5.91. The van der Waals surface area contributed by atoms with E-state index in [1.807, 2.05) is 0 Å². The van der Waals surface area contributed by atoms with Crippen molar-refractivity contribution < 1.29 is 38.5 Å². The van der Waals surface area contributed by atoms with Crippen LogP contribution < -0.4 is 10.1 Å². The maximum absolute atomic E-state index is 13.7. The Bertz CT molecular complexity index is 885. The number of hydrogen-bond acceptors (Lipinski definition) is 6. The Morgan fingerprint density at radius 1 is 1.10 bits per heavy atom. The van der Waals surface area contributed by atoms with Crippen LogP contribution in [-0.4, -0.2) is 54.8 Å². The third-order valence-corrected chi connectivity index (χ3v) is 3.85. The van der Waals surface area contributed by atoms with Crippen LogP contribution in [0.3, 0.4) is 0 Å². The van der Waals surface area contributed by atoms with Gasteiger partial charge >= 0.3 is 11.9 Å². The Balaban J connectivity index is 1.75. The van der Waals surface area contributed by atoms with Crippen molar-refractivity contribution >= 4 is 23.9 Å². The maximum Gasteiger partial charge on any atom is 0.336 e. The number of ether oxygens (including phenoxy) is 2. The molecule has 154 valence electrons. The first-order valence-corrected chi connectivity index (χ1v) is 8.68. The summed E-state index contributed by atoms with van der Waals surface area (Å²) in [4.78, 5) is 33.0. The van der Waals surface area contributed by atoms with Gasteiger partial charge in [-0.3, -0.25) is 9.59 Å². The topological polar surface area (TPSA) is 122 Å². The molecule has 0 bridgehead atoms. The lowest BCUT2D eigenvalue weighted by atomic mass is 10.1. The van der Waals surface area contributed by atoms with Crippen LogP contribution in [0.1, 0.15) is 26.3 Å². The highest BCUT2D eigenvalue weighted by Crippen LogP contribution is 2.19. The van der Waals surface area contributed by atoms with Gasteiger partial charge in [-0.25, -0.2) is 9.18 Å². The van der Waals surface area contributed by atoms with Gasteiger partial charge in [0.2, 0.25) is 0 Å². The van der Waals surface area contributed by atoms with Gasteiger partial charge < -0.3 is 25.0 Å². The van der Waals surface area contributed by atoms with E-state index in [0.717, 1.165) is 6.07 Å². The summed E-state index contributed by atoms with van der Waals surface area (Å²) >= 11 is 0. The van der Waals surface area contributed by atoms with Gasteiger partial charge in [0.15, 0.2) is 17.9 Å². The van der Waals surface area contributed by atoms with Crippen molar-refractivity contribution in [1.82, 2.24) is 0 Å². The van der Waals surface area contributed by atoms with Crippen LogP contribution in [0.5, 0.6) is 5.75 Å². The number of nitrogens with one attached hydrogen (secondary N) is 1. The third kappa shape index (κ3) is 6.58. The molecule has 0 aliphatic carbocycles. The number of halogens is 1. The fraction of sp³-hybridized carbons (Fsp3) is 0.250. The van der Waals surface area contributed by atoms with E-state index in [2.05, 4.69) is 5.32 Å². The molecule has 3 N–H and O–H groups in total. The van der Waals surface area contributed by atoms with E-state index >= 15 is 0 Å². The molecule has 0 saturated carbocycles. The molecular formula is C20H20FNO7. The third-order valence-electron chi connectivity index (χ3n) is 3.85. The zero-order valence-corrected chi connectivity index (χ0v) is 15.4. The zero-order chi connectivity index (χ0) is 21.2. The number of hydrogen-bond donors (Lipinski definition) is 3. The molecule has 29 heavy (non-hydrogen) atoms. The molecular weight excluding hydrogens is 385 g/mol. The number of benzene rings is 2. The molecule has 0 amide bonds. The van der Waals surface area contributed by atoms with Crippen LogP contribution in [0.15, 0.2) is 36.4 Å². The van der Waals surface area contributed by atoms with Crippen molar-refractivity contribution in [3.63, 3.8) is 0 Å². The molecule has 2 aromatic rings. The van der Waals surface area contributed by atoms with E-state index in [0.29, 0.717) is 24.1 Å². The van der Waals surface area contributed by atoms with Gasteiger partial charge in [-0.05, 0) is 29.8 Å². The minimum Gasteiger partial charge on any atom is -0.488 e. The summed E-state index contributed by atoms with van der Waals surface area (Å²) in [5.74, 6) is -2.86. The number of carbonyl (C=O) groups excluding carboxylic acids is 1. The van der Waals surface area contributed by atoms with E-state index < -0.39 is 17.8 Å². The normalized spacial score (nSPS) is 10.4. The summed E-state index contributed by atoms with van der Waals surface area (Å²) in [6, 6.07) is 8.32. The standard InChI is InChI=1S/C20H20FNO7/c21-16-5-4-13(11-19(24)25)10-18(16)29-9-8-28-7-6-22-17-3-1-2-14(20(26)27)15(17)12-23/h1-5,10,12,22H,6-9,11H2,(H,24,25)(H,26,27). The molecule has 0 heterocycles. The SMILES string of the molecule is O=Cc1c(NCCOCCOc2cc(CC(=O)O)ccc2F)cccc1C(=O)O. The molecule has 0 atom stereocenters. The lowest BCUT2D eigenvalue weighted by Gasteiger charge is -2.12. The van der Waals surface area contributed by atoms with Gasteiger partial charge in [-0.1, -0.05) is 12.1 Å². The lowest BCUT2D eigenvalue weighted by molar-refractivity contribution is -0.136. The quantitative estimate of drug-likeness (QED) is 0.364. The minimum atomic E-state index is -1.19. The van der Waals surface area contributed by atoms with Crippen LogP contribution in [0, 0.1) is 5.82 Å². The van der Waals surface area contributed by atoms with Crippen molar-refractivity contribution in [2.24, 2.45) is 0 Å². The van der Waals surface area contributed by atoms with Crippen LogP contribution in [0.25, 0.3) is 0 Å². The smallest absolute Gasteiger partial charge is 0.336 e. The number of carboxylic acids is 2. The Labute approximate surface area is 165 Å². The predicted octanol–water partition coefficient (Wildman–Crippen LogP) is 2.47. The molecule has 0 unspecified atom stereocenters. The second-order valence-corrected chi connectivity index (χ2v) is 5.91. The average Bonchev–Trinajstić information content (AvgIpc) is 2.68. The zero-order valence-electron chi connectivity index (χ0n) is 15.4. The number of aldehydes is 1. The number of anilines is 1. The van der Waals surface area contributed by atoms with Gasteiger partial charge in [0.25, 0.3) is 0 Å². The first-order valence-electron chi connectivity index (χ1n) is 8.68. The highest BCUT2D eigenvalue weighted by Gasteiger charge is 2.13. The monoisotopic (exact) mass is 405 g/mol. The summed E-state index contributed by atoms with van der Waals surface area (Å²) in [5, 5.41) is 20.8. The summed E-state index contributed by atoms with van der Waals surface area (Å²) in [6.07, 6.45) is 0.248. The van der Waals surface area contributed by atoms with E-state index in [1.54, 1.807) is 6.07 Å². The van der Waals surface area contributed by atoms with Crippen molar-refractivity contribution in [1.29, 1.82) is 0 Å². The molecule has 0 aliphatic heterocycles. The van der Waals surface area contributed by atoms with Crippen LogP contribution in [0.4, 0.5) is 10.1 Å². The van der Waals surface area contributed by atoms with Crippen molar-refractivity contribution in [2.75, 3.05) is 31.7 Å². The van der Waals surface area contributed by atoms with Crippen molar-refractivity contribution in [2.45, 2.75) is 6.42 Å². The summed E-state index contributed by atoms with van der Waals surface area (Å²) in [5.41, 5.74) is 0.775. The minimum absolute atomic E-state index is 0.0495. The molecule has 0 radical (unpaired) electrons. The summed E-state index contributed by atoms with van der Waals surface area (Å²) in [7, 11) is 0. The maximum atomic E-state index is 13.7. The van der Waals surface area contributed by atoms with Gasteiger partial charge in [0.1, 0.15) is 6.61 Å². The van der Waals surface area contributed by atoms with E-state index in [-0.39, 0.29) is 43.1 Å². The molecule has 0 spiro atoms. The van der Waals surface area contributed by atoms with Gasteiger partial charge in [-0.15, -0.1) is 0 Å². The van der Waals surface area contributed by atoms with Crippen LogP contribution in [-0.2, 0) is 16.0 Å². The Kier molecular flexibility index (Phi) is 8.11. The number of carbonyl (C=O) groups is 3. The van der Waals surface area contributed by atoms with Crippen molar-refractivity contribution in [3.05, 3.63) is 58.9 Å². The van der Waals surface area contributed by atoms with Gasteiger partial charge in [0.05, 0.1) is 30.8 Å². The molecule has 0 saturated heterocycles. The Morgan fingerprint density at radius 3 is 2.59 bits per heavy atom. The van der Waals surface area contributed by atoms with E-state index in [9.17, 15) is 18.8 Å². The first kappa shape index (κ1) is 21.8. The van der Waals surface area contributed by atoms with E-state index in [4.69, 9.17) is 19.7 Å². The predicted molar refractivity (Wildman–Crippen MR) is 101 cm³/mol. The largest absolute Gasteiger partial charge is 0.488 e. The first-order chi connectivity index (χ1) is 13.9. The number of aromatic carboxylic acids is 1. The molecule has 2 aromatic carbocycles. The second kappa shape index (κ2) is 10.8. The number of carboxylic acid groups (broad SMARTS) is 2. The highest BCUT2D eigenvalue weighted by atomic mass is 19.1. The molecule has 0 aliphatic rings. The fourth-order valence-corrected chi connectivity index (χ4v) is 2.55. The number of aliphatic carboxylic acids is 1. The number of rotatable bonds is 12. The Hall–Kier alpha value is -3.46. The fourth-order valence-electron chi connectivity index (χ4n) is 2.55. The molecule has 2 rings (SSSR count). The molecule has 0 aromatic heterocycles. The summed E-state index contributed by atoms with van der Waals surface area (Å²) in [6.45, 7) is 0.758. The summed E-state index contributed by atoms with van der Waals surface area (Å²) < 4.78 is 24.3. The average molecular weight is 405 g/mol. The van der Waals surface area contributed by atoms with Crippen LogP contribution in [0.2, 0.25) is 0 Å². The van der Waals surface area contributed by atoms with Gasteiger partial charge in [0, 0.05) is 12.2 Å². The molecule has 8 nitrogen and oxygen atoms in total. The van der Waals surface area contributed by atoms with Crippen LogP contribution >= 0.6 is 0 Å². The molecule has 0 fully saturated rings. The molecule has 9 heteroatoms. The highest BCUT2D eigenvalue weighted by molar-refractivity contribution is 6.01. The van der Waals surface area contributed by atoms with E-state index in [1.165, 1.54) is 24.3 Å². The lowest BCUT2D eigenvalue weighted by Crippen LogP contribution is -2.15. The Morgan fingerprint density at radius 2 is 1.90 bits per heavy atom. The van der Waals surface area contributed by atoms with Gasteiger partial charge in [-0.2, -0.15) is 0 Å².